The van der Waals surface area contributed by atoms with Crippen LogP contribution in [0.25, 0.3) is 6.08 Å². The fourth-order valence-corrected chi connectivity index (χ4v) is 2.84. The first kappa shape index (κ1) is 13.2. The van der Waals surface area contributed by atoms with Crippen molar-refractivity contribution in [2.24, 2.45) is 0 Å². The number of carbonyl (C=O) groups is 1. The van der Waals surface area contributed by atoms with Crippen LogP contribution in [0.1, 0.15) is 27.0 Å². The van der Waals surface area contributed by atoms with Gasteiger partial charge in [-0.2, -0.15) is 0 Å². The first-order valence-corrected chi connectivity index (χ1v) is 7.37. The molecule has 0 amide bonds. The molecule has 1 aromatic carbocycles. The third-order valence-electron chi connectivity index (χ3n) is 2.57. The van der Waals surface area contributed by atoms with Crippen LogP contribution in [-0.4, -0.2) is 5.78 Å². The summed E-state index contributed by atoms with van der Waals surface area (Å²) in [5, 5.41) is 0. The van der Waals surface area contributed by atoms with Crippen LogP contribution in [0.15, 0.2) is 46.9 Å². The Kier molecular flexibility index (Phi) is 4.50. The molecule has 0 N–H and O–H groups in total. The van der Waals surface area contributed by atoms with Crippen LogP contribution in [0.3, 0.4) is 0 Å². The van der Waals surface area contributed by atoms with Gasteiger partial charge in [0, 0.05) is 9.35 Å². The quantitative estimate of drug-likeness (QED) is 0.574. The molecule has 0 fully saturated rings. The topological polar surface area (TPSA) is 17.1 Å². The molecule has 2 rings (SSSR count). The molecule has 3 heteroatoms. The highest BCUT2D eigenvalue weighted by atomic mass is 79.9. The molecule has 2 aromatic rings. The van der Waals surface area contributed by atoms with Gasteiger partial charge in [0.1, 0.15) is 0 Å². The van der Waals surface area contributed by atoms with Crippen molar-refractivity contribution < 1.29 is 4.79 Å². The summed E-state index contributed by atoms with van der Waals surface area (Å²) in [6.07, 6.45) is 4.45. The summed E-state index contributed by atoms with van der Waals surface area (Å²) < 4.78 is 0.995. The Morgan fingerprint density at radius 2 is 2.06 bits per heavy atom. The number of allylic oxidation sites excluding steroid dienone is 1. The molecule has 0 bridgehead atoms. The lowest BCUT2D eigenvalue weighted by atomic mass is 10.2. The molecule has 0 aliphatic heterocycles. The van der Waals surface area contributed by atoms with Gasteiger partial charge in [-0.3, -0.25) is 4.79 Å². The van der Waals surface area contributed by atoms with E-state index in [2.05, 4.69) is 22.9 Å². The molecule has 0 unspecified atom stereocenters. The second-order valence-corrected chi connectivity index (χ2v) is 5.86. The van der Waals surface area contributed by atoms with E-state index >= 15 is 0 Å². The van der Waals surface area contributed by atoms with E-state index in [1.54, 1.807) is 17.4 Å². The average molecular weight is 321 g/mol. The van der Waals surface area contributed by atoms with E-state index in [1.807, 2.05) is 42.5 Å². The summed E-state index contributed by atoms with van der Waals surface area (Å²) in [4.78, 5) is 14.0. The largest absolute Gasteiger partial charge is 0.288 e. The van der Waals surface area contributed by atoms with Crippen molar-refractivity contribution in [1.82, 2.24) is 0 Å². The van der Waals surface area contributed by atoms with Crippen LogP contribution in [-0.2, 0) is 6.42 Å². The van der Waals surface area contributed by atoms with Crippen LogP contribution in [0.5, 0.6) is 0 Å². The van der Waals surface area contributed by atoms with E-state index < -0.39 is 0 Å². The summed E-state index contributed by atoms with van der Waals surface area (Å²) in [6.45, 7) is 2.09. The molecule has 0 saturated carbocycles. The first-order valence-electron chi connectivity index (χ1n) is 5.76. The molecule has 1 aromatic heterocycles. The Morgan fingerprint density at radius 3 is 2.72 bits per heavy atom. The average Bonchev–Trinajstić information content (AvgIpc) is 2.86. The zero-order valence-corrected chi connectivity index (χ0v) is 12.4. The van der Waals surface area contributed by atoms with Crippen LogP contribution < -0.4 is 0 Å². The highest BCUT2D eigenvalue weighted by Gasteiger charge is 2.05. The second kappa shape index (κ2) is 6.12. The van der Waals surface area contributed by atoms with Gasteiger partial charge < -0.3 is 0 Å². The SMILES string of the molecule is CCc1ccc(C(=O)/C=C/c2ccccc2Br)s1. The van der Waals surface area contributed by atoms with E-state index in [0.29, 0.717) is 0 Å². The molecule has 1 heterocycles. The second-order valence-electron chi connectivity index (χ2n) is 3.84. The highest BCUT2D eigenvalue weighted by Crippen LogP contribution is 2.20. The predicted molar refractivity (Wildman–Crippen MR) is 81.2 cm³/mol. The Morgan fingerprint density at radius 1 is 1.28 bits per heavy atom. The number of carbonyl (C=O) groups excluding carboxylic acids is 1. The Bertz CT molecular complexity index is 584. The van der Waals surface area contributed by atoms with Gasteiger partial charge in [0.05, 0.1) is 4.88 Å². The summed E-state index contributed by atoms with van der Waals surface area (Å²) in [7, 11) is 0. The molecule has 1 nitrogen and oxygen atoms in total. The number of ketones is 1. The van der Waals surface area contributed by atoms with E-state index in [4.69, 9.17) is 0 Å². The van der Waals surface area contributed by atoms with Gasteiger partial charge in [-0.05, 0) is 42.3 Å². The molecule has 0 saturated heterocycles. The molecule has 0 aliphatic rings. The summed E-state index contributed by atoms with van der Waals surface area (Å²) >= 11 is 5.03. The van der Waals surface area contributed by atoms with Crippen LogP contribution in [0.2, 0.25) is 0 Å². The fourth-order valence-electron chi connectivity index (χ4n) is 1.56. The van der Waals surface area contributed by atoms with Gasteiger partial charge >= 0.3 is 0 Å². The minimum absolute atomic E-state index is 0.0652. The van der Waals surface area contributed by atoms with E-state index in [1.165, 1.54) is 4.88 Å². The lowest BCUT2D eigenvalue weighted by Crippen LogP contribution is -1.88. The minimum atomic E-state index is 0.0652. The van der Waals surface area contributed by atoms with Crippen molar-refractivity contribution in [2.75, 3.05) is 0 Å². The van der Waals surface area contributed by atoms with Gasteiger partial charge in [-0.25, -0.2) is 0 Å². The zero-order valence-electron chi connectivity index (χ0n) is 10.0. The number of halogens is 1. The summed E-state index contributed by atoms with van der Waals surface area (Å²) in [5.41, 5.74) is 1.01. The first-order chi connectivity index (χ1) is 8.70. The maximum Gasteiger partial charge on any atom is 0.195 e. The molecular weight excluding hydrogens is 308 g/mol. The molecule has 18 heavy (non-hydrogen) atoms. The van der Waals surface area contributed by atoms with E-state index in [9.17, 15) is 4.79 Å². The normalized spacial score (nSPS) is 11.0. The molecule has 0 spiro atoms. The number of benzene rings is 1. The Labute approximate surface area is 119 Å². The van der Waals surface area contributed by atoms with Crippen molar-refractivity contribution in [2.45, 2.75) is 13.3 Å². The van der Waals surface area contributed by atoms with Crippen LogP contribution >= 0.6 is 27.3 Å². The number of rotatable bonds is 4. The third kappa shape index (κ3) is 3.18. The summed E-state index contributed by atoms with van der Waals surface area (Å²) in [5.74, 6) is 0.0652. The van der Waals surface area contributed by atoms with Crippen molar-refractivity contribution in [3.05, 3.63) is 62.3 Å². The van der Waals surface area contributed by atoms with Crippen molar-refractivity contribution in [3.8, 4) is 0 Å². The summed E-state index contributed by atoms with van der Waals surface area (Å²) in [6, 6.07) is 11.8. The predicted octanol–water partition coefficient (Wildman–Crippen LogP) is 4.97. The van der Waals surface area contributed by atoms with Gasteiger partial charge in [0.2, 0.25) is 0 Å². The Hall–Kier alpha value is -1.19. The van der Waals surface area contributed by atoms with Gasteiger partial charge in [0.25, 0.3) is 0 Å². The number of hydrogen-bond donors (Lipinski definition) is 0. The van der Waals surface area contributed by atoms with Crippen LogP contribution in [0, 0.1) is 0 Å². The monoisotopic (exact) mass is 320 g/mol. The van der Waals surface area contributed by atoms with Crippen molar-refractivity contribution in [1.29, 1.82) is 0 Å². The lowest BCUT2D eigenvalue weighted by molar-refractivity contribution is 0.105. The standard InChI is InChI=1S/C15H13BrOS/c1-2-12-8-10-15(18-12)14(17)9-7-11-5-3-4-6-13(11)16/h3-10H,2H2,1H3/b9-7+. The van der Waals surface area contributed by atoms with Crippen molar-refractivity contribution >= 4 is 39.1 Å². The van der Waals surface area contributed by atoms with E-state index in [-0.39, 0.29) is 5.78 Å². The third-order valence-corrected chi connectivity index (χ3v) is 4.54. The highest BCUT2D eigenvalue weighted by molar-refractivity contribution is 9.10. The lowest BCUT2D eigenvalue weighted by Gasteiger charge is -1.96. The number of aryl methyl sites for hydroxylation is 1. The van der Waals surface area contributed by atoms with Gasteiger partial charge in [-0.15, -0.1) is 11.3 Å². The van der Waals surface area contributed by atoms with Gasteiger partial charge in [-0.1, -0.05) is 41.1 Å². The minimum Gasteiger partial charge on any atom is -0.288 e. The maximum atomic E-state index is 12.0. The van der Waals surface area contributed by atoms with E-state index in [0.717, 1.165) is 21.3 Å². The number of hydrogen-bond acceptors (Lipinski definition) is 2. The molecule has 0 atom stereocenters. The van der Waals surface area contributed by atoms with Gasteiger partial charge in [0.15, 0.2) is 5.78 Å². The molecule has 92 valence electrons. The maximum absolute atomic E-state index is 12.0. The molecule has 0 radical (unpaired) electrons. The van der Waals surface area contributed by atoms with Crippen LogP contribution in [0.4, 0.5) is 0 Å². The fraction of sp³-hybridized carbons (Fsp3) is 0.133. The molecular formula is C15H13BrOS. The Balaban J connectivity index is 2.14. The zero-order chi connectivity index (χ0) is 13.0. The molecule has 0 aliphatic carbocycles. The number of thiophene rings is 1. The van der Waals surface area contributed by atoms with Crippen molar-refractivity contribution in [3.63, 3.8) is 0 Å². The smallest absolute Gasteiger partial charge is 0.195 e.